The molecule has 0 amide bonds. The third-order valence-corrected chi connectivity index (χ3v) is 3.68. The Labute approximate surface area is 119 Å². The predicted octanol–water partition coefficient (Wildman–Crippen LogP) is -0.0498. The summed E-state index contributed by atoms with van der Waals surface area (Å²) in [6.07, 6.45) is 1.32. The highest BCUT2D eigenvalue weighted by molar-refractivity contribution is 6.28. The van der Waals surface area contributed by atoms with Crippen LogP contribution in [0.5, 0.6) is 0 Å². The molecule has 0 aliphatic carbocycles. The van der Waals surface area contributed by atoms with Crippen LogP contribution in [-0.2, 0) is 4.74 Å². The summed E-state index contributed by atoms with van der Waals surface area (Å²) in [6.45, 7) is -0.196. The van der Waals surface area contributed by atoms with Gasteiger partial charge in [0.2, 0.25) is 5.28 Å². The highest BCUT2D eigenvalue weighted by Gasteiger charge is 2.36. The maximum atomic E-state index is 9.30. The third-order valence-electron chi connectivity index (χ3n) is 3.51. The van der Waals surface area contributed by atoms with Crippen molar-refractivity contribution in [3.8, 4) is 0 Å². The third kappa shape index (κ3) is 2.10. The SMILES string of the molecule is Nc1nc(Cl)nc2c1ncn2[C@H]1CC(CO)[C@@H](CO)O1. The van der Waals surface area contributed by atoms with Crippen LogP contribution in [0.2, 0.25) is 5.28 Å². The van der Waals surface area contributed by atoms with Gasteiger partial charge in [0.15, 0.2) is 11.5 Å². The van der Waals surface area contributed by atoms with Crippen LogP contribution in [0.15, 0.2) is 6.33 Å². The Morgan fingerprint density at radius 2 is 2.20 bits per heavy atom. The number of ether oxygens (including phenoxy) is 1. The molecule has 0 bridgehead atoms. The maximum Gasteiger partial charge on any atom is 0.226 e. The van der Waals surface area contributed by atoms with E-state index in [0.29, 0.717) is 17.6 Å². The van der Waals surface area contributed by atoms with Crippen molar-refractivity contribution in [1.29, 1.82) is 0 Å². The number of nitrogens with two attached hydrogens (primary N) is 1. The quantitative estimate of drug-likeness (QED) is 0.680. The minimum absolute atomic E-state index is 0.0344. The van der Waals surface area contributed by atoms with Crippen LogP contribution in [0, 0.1) is 5.92 Å². The summed E-state index contributed by atoms with van der Waals surface area (Å²) in [6, 6.07) is 0. The molecule has 8 nitrogen and oxygen atoms in total. The number of halogens is 1. The molecule has 3 rings (SSSR count). The van der Waals surface area contributed by atoms with Crippen molar-refractivity contribution in [2.45, 2.75) is 18.8 Å². The lowest BCUT2D eigenvalue weighted by atomic mass is 10.0. The van der Waals surface area contributed by atoms with Gasteiger partial charge < -0.3 is 20.7 Å². The molecule has 0 saturated carbocycles. The zero-order valence-corrected chi connectivity index (χ0v) is 11.2. The smallest absolute Gasteiger partial charge is 0.226 e. The minimum Gasteiger partial charge on any atom is -0.396 e. The zero-order valence-electron chi connectivity index (χ0n) is 10.5. The molecule has 3 atom stereocenters. The molecule has 1 aliphatic rings. The Bertz CT molecular complexity index is 622. The molecule has 9 heteroatoms. The average molecular weight is 300 g/mol. The first-order valence-corrected chi connectivity index (χ1v) is 6.54. The molecule has 0 radical (unpaired) electrons. The van der Waals surface area contributed by atoms with E-state index in [1.807, 2.05) is 0 Å². The van der Waals surface area contributed by atoms with Crippen molar-refractivity contribution >= 4 is 28.6 Å². The van der Waals surface area contributed by atoms with Gasteiger partial charge in [-0.15, -0.1) is 0 Å². The summed E-state index contributed by atoms with van der Waals surface area (Å²) in [5.74, 6) is 0.0752. The lowest BCUT2D eigenvalue weighted by molar-refractivity contribution is -0.0334. The van der Waals surface area contributed by atoms with Crippen molar-refractivity contribution in [2.24, 2.45) is 5.92 Å². The van der Waals surface area contributed by atoms with E-state index < -0.39 is 6.10 Å². The van der Waals surface area contributed by atoms with E-state index in [0.717, 1.165) is 0 Å². The van der Waals surface area contributed by atoms with Crippen LogP contribution in [-0.4, -0.2) is 49.0 Å². The Morgan fingerprint density at radius 3 is 2.85 bits per heavy atom. The normalized spacial score (nSPS) is 26.4. The predicted molar refractivity (Wildman–Crippen MR) is 70.9 cm³/mol. The first-order valence-electron chi connectivity index (χ1n) is 6.16. The van der Waals surface area contributed by atoms with Gasteiger partial charge in [-0.3, -0.25) is 4.57 Å². The standard InChI is InChI=1S/C11H14ClN5O3/c12-11-15-9(13)8-10(16-11)17(4-14-8)7-1-5(2-18)6(3-19)20-7/h4-7,18-19H,1-3H2,(H2,13,15,16)/t5?,6-,7-/m1/s1. The average Bonchev–Trinajstić information content (AvgIpc) is 3.01. The maximum absolute atomic E-state index is 9.30. The molecule has 1 aliphatic heterocycles. The van der Waals surface area contributed by atoms with E-state index in [1.54, 1.807) is 10.9 Å². The summed E-state index contributed by atoms with van der Waals surface area (Å²) in [5.41, 5.74) is 6.67. The van der Waals surface area contributed by atoms with E-state index in [4.69, 9.17) is 22.1 Å². The molecular weight excluding hydrogens is 286 g/mol. The molecule has 4 N–H and O–H groups in total. The Morgan fingerprint density at radius 1 is 1.40 bits per heavy atom. The van der Waals surface area contributed by atoms with Crippen LogP contribution >= 0.6 is 11.6 Å². The van der Waals surface area contributed by atoms with Crippen molar-refractivity contribution in [1.82, 2.24) is 19.5 Å². The van der Waals surface area contributed by atoms with Gasteiger partial charge in [0.05, 0.1) is 19.0 Å². The van der Waals surface area contributed by atoms with Gasteiger partial charge in [-0.1, -0.05) is 0 Å². The monoisotopic (exact) mass is 299 g/mol. The number of fused-ring (bicyclic) bond motifs is 1. The summed E-state index contributed by atoms with van der Waals surface area (Å²) in [7, 11) is 0. The van der Waals surface area contributed by atoms with Crippen LogP contribution in [0.3, 0.4) is 0 Å². The molecule has 1 fully saturated rings. The number of hydrogen-bond donors (Lipinski definition) is 3. The van der Waals surface area contributed by atoms with Gasteiger partial charge in [-0.25, -0.2) is 4.98 Å². The zero-order chi connectivity index (χ0) is 14.3. The number of aromatic nitrogens is 4. The molecule has 3 heterocycles. The van der Waals surface area contributed by atoms with Crippen molar-refractivity contribution < 1.29 is 14.9 Å². The van der Waals surface area contributed by atoms with Gasteiger partial charge in [0.1, 0.15) is 11.7 Å². The molecule has 1 unspecified atom stereocenters. The molecule has 2 aromatic rings. The second-order valence-corrected chi connectivity index (χ2v) is 5.03. The van der Waals surface area contributed by atoms with Crippen LogP contribution in [0.1, 0.15) is 12.6 Å². The van der Waals surface area contributed by atoms with E-state index in [9.17, 15) is 10.2 Å². The Kier molecular flexibility index (Phi) is 3.47. The largest absolute Gasteiger partial charge is 0.396 e. The molecule has 1 saturated heterocycles. The van der Waals surface area contributed by atoms with Gasteiger partial charge in [0.25, 0.3) is 0 Å². The second-order valence-electron chi connectivity index (χ2n) is 4.69. The number of aliphatic hydroxyl groups excluding tert-OH is 2. The number of nitrogens with zero attached hydrogens (tertiary/aromatic N) is 4. The van der Waals surface area contributed by atoms with E-state index in [-0.39, 0.29) is 36.5 Å². The fourth-order valence-corrected chi connectivity index (χ4v) is 2.64. The fourth-order valence-electron chi connectivity index (χ4n) is 2.46. The molecule has 108 valence electrons. The first kappa shape index (κ1) is 13.5. The number of rotatable bonds is 3. The molecule has 0 aromatic carbocycles. The first-order chi connectivity index (χ1) is 9.63. The Balaban J connectivity index is 1.99. The number of anilines is 1. The van der Waals surface area contributed by atoms with Gasteiger partial charge in [0, 0.05) is 18.9 Å². The summed E-state index contributed by atoms with van der Waals surface area (Å²) < 4.78 is 7.41. The number of imidazole rings is 1. The number of nitrogen functional groups attached to an aromatic ring is 1. The van der Waals surface area contributed by atoms with Gasteiger partial charge >= 0.3 is 0 Å². The lowest BCUT2D eigenvalue weighted by Crippen LogP contribution is -2.23. The van der Waals surface area contributed by atoms with Crippen LogP contribution < -0.4 is 5.73 Å². The van der Waals surface area contributed by atoms with Gasteiger partial charge in [-0.2, -0.15) is 9.97 Å². The van der Waals surface area contributed by atoms with Crippen molar-refractivity contribution in [2.75, 3.05) is 18.9 Å². The summed E-state index contributed by atoms with van der Waals surface area (Å²) in [5, 5.41) is 18.6. The van der Waals surface area contributed by atoms with Crippen molar-refractivity contribution in [3.63, 3.8) is 0 Å². The molecule has 2 aromatic heterocycles. The number of aliphatic hydroxyl groups is 2. The van der Waals surface area contributed by atoms with Crippen LogP contribution in [0.4, 0.5) is 5.82 Å². The van der Waals surface area contributed by atoms with E-state index in [2.05, 4.69) is 15.0 Å². The van der Waals surface area contributed by atoms with E-state index >= 15 is 0 Å². The lowest BCUT2D eigenvalue weighted by Gasteiger charge is -2.14. The van der Waals surface area contributed by atoms with Crippen LogP contribution in [0.25, 0.3) is 11.2 Å². The molecule has 20 heavy (non-hydrogen) atoms. The Hall–Kier alpha value is -1.48. The topological polar surface area (TPSA) is 119 Å². The van der Waals surface area contributed by atoms with Crippen molar-refractivity contribution in [3.05, 3.63) is 11.6 Å². The summed E-state index contributed by atoms with van der Waals surface area (Å²) in [4.78, 5) is 12.1. The second kappa shape index (κ2) is 5.13. The highest BCUT2D eigenvalue weighted by atomic mass is 35.5. The molecular formula is C11H14ClN5O3. The number of hydrogen-bond acceptors (Lipinski definition) is 7. The van der Waals surface area contributed by atoms with Gasteiger partial charge in [-0.05, 0) is 11.6 Å². The van der Waals surface area contributed by atoms with E-state index in [1.165, 1.54) is 0 Å². The molecule has 0 spiro atoms. The fraction of sp³-hybridized carbons (Fsp3) is 0.545. The summed E-state index contributed by atoms with van der Waals surface area (Å²) >= 11 is 5.81. The highest BCUT2D eigenvalue weighted by Crippen LogP contribution is 2.35. The minimum atomic E-state index is -0.405.